The van der Waals surface area contributed by atoms with Crippen molar-refractivity contribution in [3.63, 3.8) is 0 Å². The van der Waals surface area contributed by atoms with Gasteiger partial charge in [0.1, 0.15) is 5.41 Å². The van der Waals surface area contributed by atoms with Crippen LogP contribution in [0.3, 0.4) is 0 Å². The maximum atomic E-state index is 13.9. The highest BCUT2D eigenvalue weighted by Gasteiger charge is 2.45. The molecule has 158 valence electrons. The van der Waals surface area contributed by atoms with Gasteiger partial charge in [-0.3, -0.25) is 9.59 Å². The zero-order chi connectivity index (χ0) is 22.4. The number of ether oxygens (including phenoxy) is 1. The van der Waals surface area contributed by atoms with E-state index in [1.165, 1.54) is 0 Å². The number of carbonyl (C=O) groups is 2. The van der Waals surface area contributed by atoms with Crippen LogP contribution >= 0.6 is 15.9 Å². The summed E-state index contributed by atoms with van der Waals surface area (Å²) < 4.78 is 6.59. The van der Waals surface area contributed by atoms with E-state index in [1.54, 1.807) is 24.3 Å². The number of esters is 1. The van der Waals surface area contributed by atoms with Crippen LogP contribution in [0, 0.1) is 0 Å². The van der Waals surface area contributed by atoms with Gasteiger partial charge in [0, 0.05) is 10.0 Å². The highest BCUT2D eigenvalue weighted by atomic mass is 79.9. The minimum absolute atomic E-state index is 0.256. The van der Waals surface area contributed by atoms with Gasteiger partial charge in [0.15, 0.2) is 12.4 Å². The van der Waals surface area contributed by atoms with Gasteiger partial charge in [-0.2, -0.15) is 0 Å². The number of benzene rings is 4. The molecule has 32 heavy (non-hydrogen) atoms. The molecule has 0 atom stereocenters. The van der Waals surface area contributed by atoms with Gasteiger partial charge < -0.3 is 4.74 Å². The number of carbonyl (C=O) groups excluding carboxylic acids is 2. The summed E-state index contributed by atoms with van der Waals surface area (Å²) in [5.74, 6) is -0.750. The van der Waals surface area contributed by atoms with Crippen LogP contribution in [-0.2, 0) is 14.9 Å². The molecule has 0 radical (unpaired) electrons. The van der Waals surface area contributed by atoms with E-state index in [-0.39, 0.29) is 12.4 Å². The Hall–Kier alpha value is -3.50. The molecule has 4 aromatic carbocycles. The van der Waals surface area contributed by atoms with Crippen molar-refractivity contribution in [2.45, 2.75) is 5.41 Å². The van der Waals surface area contributed by atoms with E-state index >= 15 is 0 Å². The van der Waals surface area contributed by atoms with E-state index in [2.05, 4.69) is 15.9 Å². The normalized spacial score (nSPS) is 11.0. The van der Waals surface area contributed by atoms with Crippen molar-refractivity contribution >= 4 is 27.7 Å². The second-order valence-electron chi connectivity index (χ2n) is 7.35. The predicted octanol–water partition coefficient (Wildman–Crippen LogP) is 6.21. The smallest absolute Gasteiger partial charge is 0.326 e. The lowest BCUT2D eigenvalue weighted by Gasteiger charge is -2.33. The number of ketones is 1. The fourth-order valence-corrected chi connectivity index (χ4v) is 4.14. The first-order valence-corrected chi connectivity index (χ1v) is 11.0. The lowest BCUT2D eigenvalue weighted by molar-refractivity contribution is -0.146. The van der Waals surface area contributed by atoms with Crippen LogP contribution < -0.4 is 0 Å². The summed E-state index contributed by atoms with van der Waals surface area (Å²) in [6, 6.07) is 35.6. The van der Waals surface area contributed by atoms with Crippen LogP contribution in [0.5, 0.6) is 0 Å². The van der Waals surface area contributed by atoms with Gasteiger partial charge in [0.25, 0.3) is 0 Å². The van der Waals surface area contributed by atoms with Crippen molar-refractivity contribution in [2.75, 3.05) is 6.61 Å². The average Bonchev–Trinajstić information content (AvgIpc) is 2.85. The van der Waals surface area contributed by atoms with Gasteiger partial charge in [0.2, 0.25) is 0 Å². The zero-order valence-electron chi connectivity index (χ0n) is 17.3. The topological polar surface area (TPSA) is 43.4 Å². The molecular weight excluding hydrogens is 464 g/mol. The number of rotatable bonds is 7. The van der Waals surface area contributed by atoms with E-state index in [0.29, 0.717) is 5.56 Å². The van der Waals surface area contributed by atoms with E-state index in [4.69, 9.17) is 4.74 Å². The number of halogens is 1. The minimum atomic E-state index is -1.20. The van der Waals surface area contributed by atoms with Crippen molar-refractivity contribution in [3.05, 3.63) is 142 Å². The summed E-state index contributed by atoms with van der Waals surface area (Å²) >= 11 is 3.36. The van der Waals surface area contributed by atoms with Crippen molar-refractivity contribution in [2.24, 2.45) is 0 Å². The molecule has 0 N–H and O–H groups in total. The van der Waals surface area contributed by atoms with Crippen LogP contribution in [0.2, 0.25) is 0 Å². The van der Waals surface area contributed by atoms with E-state index < -0.39 is 11.4 Å². The Morgan fingerprint density at radius 2 is 1.03 bits per heavy atom. The molecule has 4 rings (SSSR count). The zero-order valence-corrected chi connectivity index (χ0v) is 18.9. The second-order valence-corrected chi connectivity index (χ2v) is 8.27. The Morgan fingerprint density at radius 3 is 1.44 bits per heavy atom. The van der Waals surface area contributed by atoms with Crippen LogP contribution in [0.25, 0.3) is 0 Å². The van der Waals surface area contributed by atoms with E-state index in [9.17, 15) is 9.59 Å². The molecule has 0 fully saturated rings. The van der Waals surface area contributed by atoms with E-state index in [1.807, 2.05) is 91.0 Å². The average molecular weight is 485 g/mol. The Bertz CT molecular complexity index is 1090. The maximum absolute atomic E-state index is 13.9. The first-order chi connectivity index (χ1) is 15.6. The van der Waals surface area contributed by atoms with Gasteiger partial charge in [-0.1, -0.05) is 119 Å². The Labute approximate surface area is 195 Å². The van der Waals surface area contributed by atoms with Crippen molar-refractivity contribution < 1.29 is 14.3 Å². The van der Waals surface area contributed by atoms with Crippen LogP contribution in [0.1, 0.15) is 27.0 Å². The summed E-state index contributed by atoms with van der Waals surface area (Å²) in [6.45, 7) is -0.339. The van der Waals surface area contributed by atoms with Crippen molar-refractivity contribution in [3.8, 4) is 0 Å². The fourth-order valence-electron chi connectivity index (χ4n) is 3.88. The summed E-state index contributed by atoms with van der Waals surface area (Å²) in [5, 5.41) is 0. The molecule has 0 saturated heterocycles. The van der Waals surface area contributed by atoms with Crippen LogP contribution in [-0.4, -0.2) is 18.4 Å². The molecular formula is C28H21BrO3. The number of hydrogen-bond acceptors (Lipinski definition) is 3. The third-order valence-corrected chi connectivity index (χ3v) is 5.96. The maximum Gasteiger partial charge on any atom is 0.326 e. The first-order valence-electron chi connectivity index (χ1n) is 10.2. The summed E-state index contributed by atoms with van der Waals surface area (Å²) in [5.41, 5.74) is 1.62. The largest absolute Gasteiger partial charge is 0.456 e. The molecule has 3 nitrogen and oxygen atoms in total. The Morgan fingerprint density at radius 1 is 0.625 bits per heavy atom. The second kappa shape index (κ2) is 9.75. The number of Topliss-reactive ketones (excluding diaryl/α,β-unsaturated/α-hetero) is 1. The highest BCUT2D eigenvalue weighted by Crippen LogP contribution is 2.40. The molecule has 4 heteroatoms. The third kappa shape index (κ3) is 4.27. The molecule has 0 aromatic heterocycles. The lowest BCUT2D eigenvalue weighted by atomic mass is 9.69. The monoisotopic (exact) mass is 484 g/mol. The molecule has 0 spiro atoms. The minimum Gasteiger partial charge on any atom is -0.456 e. The fraction of sp³-hybridized carbons (Fsp3) is 0.0714. The lowest BCUT2D eigenvalue weighted by Crippen LogP contribution is -2.40. The number of hydrogen-bond donors (Lipinski definition) is 0. The predicted molar refractivity (Wildman–Crippen MR) is 129 cm³/mol. The van der Waals surface area contributed by atoms with Gasteiger partial charge >= 0.3 is 5.97 Å². The Kier molecular flexibility index (Phi) is 6.62. The SMILES string of the molecule is O=C(COC(=O)C(c1ccccc1)(c1ccccc1)c1ccccc1)c1ccc(Br)cc1. The first kappa shape index (κ1) is 21.7. The molecule has 0 amide bonds. The van der Waals surface area contributed by atoms with Crippen molar-refractivity contribution in [1.29, 1.82) is 0 Å². The Balaban J connectivity index is 1.77. The van der Waals surface area contributed by atoms with E-state index in [0.717, 1.165) is 21.2 Å². The molecule has 0 unspecified atom stereocenters. The molecule has 0 aliphatic carbocycles. The molecule has 4 aromatic rings. The highest BCUT2D eigenvalue weighted by molar-refractivity contribution is 9.10. The molecule has 0 saturated carbocycles. The quantitative estimate of drug-likeness (QED) is 0.178. The summed E-state index contributed by atoms with van der Waals surface area (Å²) in [7, 11) is 0. The summed E-state index contributed by atoms with van der Waals surface area (Å²) in [6.07, 6.45) is 0. The molecule has 0 aliphatic heterocycles. The van der Waals surface area contributed by atoms with Crippen molar-refractivity contribution in [1.82, 2.24) is 0 Å². The third-order valence-electron chi connectivity index (χ3n) is 5.43. The van der Waals surface area contributed by atoms with Gasteiger partial charge in [-0.05, 0) is 28.8 Å². The van der Waals surface area contributed by atoms with Crippen LogP contribution in [0.15, 0.2) is 120 Å². The molecule has 0 heterocycles. The van der Waals surface area contributed by atoms with Gasteiger partial charge in [-0.25, -0.2) is 0 Å². The molecule has 0 aliphatic rings. The summed E-state index contributed by atoms with van der Waals surface area (Å²) in [4.78, 5) is 26.6. The van der Waals surface area contributed by atoms with Gasteiger partial charge in [-0.15, -0.1) is 0 Å². The van der Waals surface area contributed by atoms with Crippen LogP contribution in [0.4, 0.5) is 0 Å². The molecule has 0 bridgehead atoms. The standard InChI is InChI=1S/C28H21BrO3/c29-25-18-16-21(17-19-25)26(30)20-32-27(31)28(22-10-4-1-5-11-22,23-12-6-2-7-13-23)24-14-8-3-9-15-24/h1-19H,20H2. The van der Waals surface area contributed by atoms with Gasteiger partial charge in [0.05, 0.1) is 0 Å².